The quantitative estimate of drug-likeness (QED) is 0.779. The zero-order valence-electron chi connectivity index (χ0n) is 14.1. The highest BCUT2D eigenvalue weighted by atomic mass is 19.1. The zero-order valence-corrected chi connectivity index (χ0v) is 14.1. The molecule has 1 amide bonds. The van der Waals surface area contributed by atoms with Crippen molar-refractivity contribution >= 4 is 5.91 Å². The van der Waals surface area contributed by atoms with Gasteiger partial charge in [-0.15, -0.1) is 0 Å². The summed E-state index contributed by atoms with van der Waals surface area (Å²) < 4.78 is 29.2. The van der Waals surface area contributed by atoms with Crippen LogP contribution in [0, 0.1) is 5.95 Å². The fourth-order valence-electron chi connectivity index (χ4n) is 2.79. The van der Waals surface area contributed by atoms with E-state index in [-0.39, 0.29) is 17.9 Å². The lowest BCUT2D eigenvalue weighted by molar-refractivity contribution is 0.0770. The molecule has 1 aromatic carbocycles. The van der Waals surface area contributed by atoms with Gasteiger partial charge in [0.25, 0.3) is 5.91 Å². The van der Waals surface area contributed by atoms with Crippen LogP contribution >= 0.6 is 0 Å². The van der Waals surface area contributed by atoms with Gasteiger partial charge in [-0.05, 0) is 24.3 Å². The lowest BCUT2D eigenvalue weighted by Gasteiger charge is -2.18. The van der Waals surface area contributed by atoms with Crippen LogP contribution in [-0.4, -0.2) is 49.2 Å². The highest BCUT2D eigenvalue weighted by Crippen LogP contribution is 2.28. The number of methoxy groups -OCH3 is 2. The van der Waals surface area contributed by atoms with Crippen molar-refractivity contribution in [2.45, 2.75) is 12.5 Å². The molecule has 6 nitrogen and oxygen atoms in total. The van der Waals surface area contributed by atoms with E-state index in [1.807, 2.05) is 0 Å². The van der Waals surface area contributed by atoms with Crippen molar-refractivity contribution in [3.05, 3.63) is 47.9 Å². The number of likely N-dealkylation sites (tertiary alicyclic amines) is 1. The number of halogens is 1. The molecule has 2 aromatic rings. The van der Waals surface area contributed by atoms with Crippen LogP contribution in [0.3, 0.4) is 0 Å². The molecule has 25 heavy (non-hydrogen) atoms. The molecule has 0 bridgehead atoms. The second-order valence-corrected chi connectivity index (χ2v) is 5.65. The monoisotopic (exact) mass is 346 g/mol. The summed E-state index contributed by atoms with van der Waals surface area (Å²) in [4.78, 5) is 18.0. The maximum atomic E-state index is 13.1. The summed E-state index contributed by atoms with van der Waals surface area (Å²) in [6.45, 7) is 0.985. The number of carbonyl (C=O) groups is 1. The molecule has 0 saturated carbocycles. The van der Waals surface area contributed by atoms with Crippen LogP contribution in [0.15, 0.2) is 36.4 Å². The van der Waals surface area contributed by atoms with E-state index in [9.17, 15) is 9.18 Å². The molecule has 0 N–H and O–H groups in total. The Balaban J connectivity index is 1.66. The minimum Gasteiger partial charge on any atom is -0.493 e. The Hall–Kier alpha value is -2.83. The molecular formula is C18H19FN2O4. The fraction of sp³-hybridized carbons (Fsp3) is 0.333. The summed E-state index contributed by atoms with van der Waals surface area (Å²) in [7, 11) is 3.07. The number of nitrogens with zero attached hydrogens (tertiary/aromatic N) is 2. The van der Waals surface area contributed by atoms with Crippen LogP contribution in [0.25, 0.3) is 0 Å². The number of carbonyl (C=O) groups excluding carboxylic acids is 1. The van der Waals surface area contributed by atoms with Crippen molar-refractivity contribution < 1.29 is 23.4 Å². The Kier molecular flexibility index (Phi) is 5.02. The van der Waals surface area contributed by atoms with Gasteiger partial charge in [0.1, 0.15) is 6.10 Å². The fourth-order valence-corrected chi connectivity index (χ4v) is 2.79. The maximum Gasteiger partial charge on any atom is 0.254 e. The summed E-state index contributed by atoms with van der Waals surface area (Å²) in [5.41, 5.74) is 0.516. The first-order valence-electron chi connectivity index (χ1n) is 7.91. The Morgan fingerprint density at radius 2 is 2.00 bits per heavy atom. The van der Waals surface area contributed by atoms with Crippen molar-refractivity contribution in [3.8, 4) is 17.4 Å². The van der Waals surface area contributed by atoms with Gasteiger partial charge in [0.15, 0.2) is 11.5 Å². The van der Waals surface area contributed by atoms with Gasteiger partial charge in [-0.2, -0.15) is 9.37 Å². The summed E-state index contributed by atoms with van der Waals surface area (Å²) >= 11 is 0. The minimum absolute atomic E-state index is 0.112. The Morgan fingerprint density at radius 3 is 2.72 bits per heavy atom. The van der Waals surface area contributed by atoms with Gasteiger partial charge in [0.2, 0.25) is 11.8 Å². The third-order valence-electron chi connectivity index (χ3n) is 4.04. The normalized spacial score (nSPS) is 16.6. The van der Waals surface area contributed by atoms with E-state index in [1.165, 1.54) is 13.2 Å². The number of aromatic nitrogens is 1. The van der Waals surface area contributed by atoms with Crippen LogP contribution in [0.4, 0.5) is 4.39 Å². The first kappa shape index (κ1) is 17.0. The van der Waals surface area contributed by atoms with Crippen LogP contribution < -0.4 is 14.2 Å². The zero-order chi connectivity index (χ0) is 17.8. The average Bonchev–Trinajstić information content (AvgIpc) is 3.09. The molecule has 1 fully saturated rings. The third kappa shape index (κ3) is 3.81. The highest BCUT2D eigenvalue weighted by Gasteiger charge is 2.29. The smallest absolute Gasteiger partial charge is 0.254 e. The van der Waals surface area contributed by atoms with Gasteiger partial charge in [-0.1, -0.05) is 6.07 Å². The molecule has 1 atom stereocenters. The molecule has 7 heteroatoms. The molecule has 132 valence electrons. The minimum atomic E-state index is -0.589. The first-order chi connectivity index (χ1) is 12.1. The van der Waals surface area contributed by atoms with Gasteiger partial charge in [-0.3, -0.25) is 4.79 Å². The van der Waals surface area contributed by atoms with E-state index in [0.717, 1.165) is 0 Å². The van der Waals surface area contributed by atoms with E-state index in [2.05, 4.69) is 4.98 Å². The number of hydrogen-bond acceptors (Lipinski definition) is 5. The summed E-state index contributed by atoms with van der Waals surface area (Å²) in [6.07, 6.45) is 0.454. The second kappa shape index (κ2) is 7.38. The lowest BCUT2D eigenvalue weighted by atomic mass is 10.1. The van der Waals surface area contributed by atoms with E-state index in [4.69, 9.17) is 14.2 Å². The second-order valence-electron chi connectivity index (χ2n) is 5.65. The Labute approximate surface area is 145 Å². The van der Waals surface area contributed by atoms with Gasteiger partial charge in [0.05, 0.1) is 20.8 Å². The van der Waals surface area contributed by atoms with Crippen LogP contribution in [0.2, 0.25) is 0 Å². The molecule has 0 aliphatic carbocycles. The average molecular weight is 346 g/mol. The number of benzene rings is 1. The van der Waals surface area contributed by atoms with Crippen LogP contribution in [0.5, 0.6) is 17.4 Å². The predicted octanol–water partition coefficient (Wildman–Crippen LogP) is 2.53. The largest absolute Gasteiger partial charge is 0.493 e. The van der Waals surface area contributed by atoms with Crippen LogP contribution in [-0.2, 0) is 0 Å². The summed E-state index contributed by atoms with van der Waals surface area (Å²) in [6, 6.07) is 9.46. The topological polar surface area (TPSA) is 60.9 Å². The standard InChI is InChI=1S/C18H19FN2O4/c1-23-14-7-6-12(10-15(14)24-2)18(22)21-9-8-13(11-21)25-17-5-3-4-16(19)20-17/h3-7,10,13H,8-9,11H2,1-2H3. The lowest BCUT2D eigenvalue weighted by Crippen LogP contribution is -2.31. The Bertz CT molecular complexity index is 768. The predicted molar refractivity (Wildman–Crippen MR) is 88.7 cm³/mol. The van der Waals surface area contributed by atoms with Gasteiger partial charge < -0.3 is 19.1 Å². The van der Waals surface area contributed by atoms with Crippen molar-refractivity contribution in [2.24, 2.45) is 0 Å². The maximum absolute atomic E-state index is 13.1. The third-order valence-corrected chi connectivity index (χ3v) is 4.04. The van der Waals surface area contributed by atoms with Crippen molar-refractivity contribution in [2.75, 3.05) is 27.3 Å². The van der Waals surface area contributed by atoms with Crippen LogP contribution in [0.1, 0.15) is 16.8 Å². The molecular weight excluding hydrogens is 327 g/mol. The summed E-state index contributed by atoms with van der Waals surface area (Å²) in [5, 5.41) is 0. The molecule has 0 radical (unpaired) electrons. The SMILES string of the molecule is COc1ccc(C(=O)N2CCC(Oc3cccc(F)n3)C2)cc1OC. The molecule has 1 aromatic heterocycles. The number of ether oxygens (including phenoxy) is 3. The van der Waals surface area contributed by atoms with E-state index < -0.39 is 5.95 Å². The van der Waals surface area contributed by atoms with Crippen molar-refractivity contribution in [1.29, 1.82) is 0 Å². The van der Waals surface area contributed by atoms with Crippen molar-refractivity contribution in [1.82, 2.24) is 9.88 Å². The first-order valence-corrected chi connectivity index (χ1v) is 7.91. The van der Waals surface area contributed by atoms with E-state index in [1.54, 1.807) is 42.3 Å². The van der Waals surface area contributed by atoms with E-state index >= 15 is 0 Å². The molecule has 1 saturated heterocycles. The Morgan fingerprint density at radius 1 is 1.20 bits per heavy atom. The van der Waals surface area contributed by atoms with E-state index in [0.29, 0.717) is 36.6 Å². The van der Waals surface area contributed by atoms with Crippen molar-refractivity contribution in [3.63, 3.8) is 0 Å². The highest BCUT2D eigenvalue weighted by molar-refractivity contribution is 5.95. The van der Waals surface area contributed by atoms with Gasteiger partial charge in [0, 0.05) is 24.6 Å². The van der Waals surface area contributed by atoms with Gasteiger partial charge >= 0.3 is 0 Å². The molecule has 1 unspecified atom stereocenters. The molecule has 1 aliphatic rings. The number of amides is 1. The van der Waals surface area contributed by atoms with Gasteiger partial charge in [-0.25, -0.2) is 0 Å². The molecule has 3 rings (SSSR count). The number of rotatable bonds is 5. The molecule has 0 spiro atoms. The molecule has 2 heterocycles. The summed E-state index contributed by atoms with van der Waals surface area (Å²) in [5.74, 6) is 0.599. The number of pyridine rings is 1. The number of hydrogen-bond donors (Lipinski definition) is 0. The molecule has 1 aliphatic heterocycles.